The summed E-state index contributed by atoms with van der Waals surface area (Å²) in [6, 6.07) is 9.08. The van der Waals surface area contributed by atoms with Crippen molar-refractivity contribution >= 4 is 5.97 Å². The zero-order valence-electron chi connectivity index (χ0n) is 9.22. The predicted octanol–water partition coefficient (Wildman–Crippen LogP) is 2.27. The molecule has 0 radical (unpaired) electrons. The van der Waals surface area contributed by atoms with Gasteiger partial charge < -0.3 is 9.47 Å². The van der Waals surface area contributed by atoms with Crippen LogP contribution in [0.3, 0.4) is 0 Å². The Morgan fingerprint density at radius 2 is 2.19 bits per heavy atom. The Morgan fingerprint density at radius 1 is 1.38 bits per heavy atom. The number of ether oxygens (including phenoxy) is 2. The first-order valence-electron chi connectivity index (χ1n) is 5.66. The lowest BCUT2D eigenvalue weighted by atomic mass is 10.0. The molecule has 16 heavy (non-hydrogen) atoms. The van der Waals surface area contributed by atoms with Crippen LogP contribution in [0.25, 0.3) is 0 Å². The van der Waals surface area contributed by atoms with E-state index < -0.39 is 0 Å². The molecule has 0 N–H and O–H groups in total. The fourth-order valence-corrected chi connectivity index (χ4v) is 1.79. The van der Waals surface area contributed by atoms with Crippen LogP contribution in [0, 0.1) is 5.92 Å². The highest BCUT2D eigenvalue weighted by atomic mass is 16.5. The first-order chi connectivity index (χ1) is 7.86. The van der Waals surface area contributed by atoms with Gasteiger partial charge in [0, 0.05) is 12.5 Å². The van der Waals surface area contributed by atoms with E-state index >= 15 is 0 Å². The van der Waals surface area contributed by atoms with Crippen LogP contribution in [0.5, 0.6) is 0 Å². The summed E-state index contributed by atoms with van der Waals surface area (Å²) in [6.07, 6.45) is 2.15. The van der Waals surface area contributed by atoms with Crippen LogP contribution in [0.4, 0.5) is 0 Å². The number of rotatable bonds is 3. The van der Waals surface area contributed by atoms with E-state index in [1.165, 1.54) is 0 Å². The van der Waals surface area contributed by atoms with Gasteiger partial charge in [0.05, 0.1) is 18.8 Å². The molecule has 3 nitrogen and oxygen atoms in total. The molecule has 86 valence electrons. The minimum absolute atomic E-state index is 0.244. The second-order valence-electron chi connectivity index (χ2n) is 4.05. The first kappa shape index (κ1) is 11.1. The molecule has 0 spiro atoms. The Kier molecular flexibility index (Phi) is 3.94. The van der Waals surface area contributed by atoms with Crippen LogP contribution in [-0.4, -0.2) is 25.8 Å². The normalized spacial score (nSPS) is 20.4. The van der Waals surface area contributed by atoms with E-state index in [4.69, 9.17) is 9.47 Å². The SMILES string of the molecule is O=C(OC[C@@H]1CCCOC1)c1ccccc1. The topological polar surface area (TPSA) is 35.5 Å². The molecule has 0 saturated carbocycles. The van der Waals surface area contributed by atoms with Gasteiger partial charge in [-0.2, -0.15) is 0 Å². The lowest BCUT2D eigenvalue weighted by Crippen LogP contribution is -2.23. The van der Waals surface area contributed by atoms with Crippen LogP contribution < -0.4 is 0 Å². The molecule has 2 rings (SSSR count). The van der Waals surface area contributed by atoms with Gasteiger partial charge in [-0.1, -0.05) is 18.2 Å². The van der Waals surface area contributed by atoms with Gasteiger partial charge in [0.15, 0.2) is 0 Å². The fraction of sp³-hybridized carbons (Fsp3) is 0.462. The van der Waals surface area contributed by atoms with Crippen LogP contribution in [-0.2, 0) is 9.47 Å². The van der Waals surface area contributed by atoms with Gasteiger partial charge in [0.1, 0.15) is 0 Å². The molecule has 1 aliphatic heterocycles. The third kappa shape index (κ3) is 3.07. The van der Waals surface area contributed by atoms with Crippen molar-refractivity contribution in [3.05, 3.63) is 35.9 Å². The van der Waals surface area contributed by atoms with Crippen molar-refractivity contribution in [2.45, 2.75) is 12.8 Å². The first-order valence-corrected chi connectivity index (χ1v) is 5.66. The number of esters is 1. The van der Waals surface area contributed by atoms with E-state index in [9.17, 15) is 4.79 Å². The second-order valence-corrected chi connectivity index (χ2v) is 4.05. The molecule has 0 amide bonds. The molecule has 0 aromatic heterocycles. The van der Waals surface area contributed by atoms with Crippen molar-refractivity contribution in [3.63, 3.8) is 0 Å². The van der Waals surface area contributed by atoms with Crippen LogP contribution in [0.15, 0.2) is 30.3 Å². The largest absolute Gasteiger partial charge is 0.462 e. The highest BCUT2D eigenvalue weighted by Crippen LogP contribution is 2.14. The molecule has 1 aromatic carbocycles. The summed E-state index contributed by atoms with van der Waals surface area (Å²) in [5, 5.41) is 0. The average molecular weight is 220 g/mol. The molecule has 1 atom stereocenters. The number of hydrogen-bond acceptors (Lipinski definition) is 3. The van der Waals surface area contributed by atoms with Gasteiger partial charge in [-0.05, 0) is 25.0 Å². The number of hydrogen-bond donors (Lipinski definition) is 0. The minimum atomic E-state index is -0.244. The third-order valence-electron chi connectivity index (χ3n) is 2.71. The molecule has 1 aliphatic rings. The lowest BCUT2D eigenvalue weighted by Gasteiger charge is -2.21. The number of carbonyl (C=O) groups excluding carboxylic acids is 1. The molecule has 3 heteroatoms. The summed E-state index contributed by atoms with van der Waals surface area (Å²) < 4.78 is 10.6. The van der Waals surface area contributed by atoms with E-state index in [1.807, 2.05) is 18.2 Å². The highest BCUT2D eigenvalue weighted by Gasteiger charge is 2.16. The van der Waals surface area contributed by atoms with Crippen molar-refractivity contribution in [1.82, 2.24) is 0 Å². The molecule has 0 unspecified atom stereocenters. The highest BCUT2D eigenvalue weighted by molar-refractivity contribution is 5.89. The van der Waals surface area contributed by atoms with Crippen LogP contribution >= 0.6 is 0 Å². The monoisotopic (exact) mass is 220 g/mol. The van der Waals surface area contributed by atoms with Crippen LogP contribution in [0.1, 0.15) is 23.2 Å². The zero-order valence-corrected chi connectivity index (χ0v) is 9.22. The van der Waals surface area contributed by atoms with E-state index in [2.05, 4.69) is 0 Å². The van der Waals surface area contributed by atoms with E-state index in [0.29, 0.717) is 24.7 Å². The summed E-state index contributed by atoms with van der Waals surface area (Å²) in [5.41, 5.74) is 0.610. The summed E-state index contributed by atoms with van der Waals surface area (Å²) in [5.74, 6) is 0.118. The summed E-state index contributed by atoms with van der Waals surface area (Å²) >= 11 is 0. The molecule has 0 aliphatic carbocycles. The minimum Gasteiger partial charge on any atom is -0.462 e. The maximum Gasteiger partial charge on any atom is 0.338 e. The summed E-state index contributed by atoms with van der Waals surface area (Å²) in [6.45, 7) is 2.01. The van der Waals surface area contributed by atoms with Gasteiger partial charge in [-0.15, -0.1) is 0 Å². The van der Waals surface area contributed by atoms with Crippen molar-refractivity contribution in [3.8, 4) is 0 Å². The molecule has 0 bridgehead atoms. The predicted molar refractivity (Wildman–Crippen MR) is 60.3 cm³/mol. The Labute approximate surface area is 95.4 Å². The van der Waals surface area contributed by atoms with Crippen molar-refractivity contribution in [2.75, 3.05) is 19.8 Å². The average Bonchev–Trinajstić information content (AvgIpc) is 2.38. The Hall–Kier alpha value is -1.35. The van der Waals surface area contributed by atoms with Gasteiger partial charge in [0.25, 0.3) is 0 Å². The summed E-state index contributed by atoms with van der Waals surface area (Å²) in [4.78, 5) is 11.6. The van der Waals surface area contributed by atoms with E-state index in [0.717, 1.165) is 19.4 Å². The maximum absolute atomic E-state index is 11.6. The smallest absolute Gasteiger partial charge is 0.338 e. The Balaban J connectivity index is 1.79. The molecule has 1 heterocycles. The summed E-state index contributed by atoms with van der Waals surface area (Å²) in [7, 11) is 0. The lowest BCUT2D eigenvalue weighted by molar-refractivity contribution is 0.00860. The van der Waals surface area contributed by atoms with Gasteiger partial charge in [-0.25, -0.2) is 4.79 Å². The third-order valence-corrected chi connectivity index (χ3v) is 2.71. The number of carbonyl (C=O) groups is 1. The quantitative estimate of drug-likeness (QED) is 0.733. The fourth-order valence-electron chi connectivity index (χ4n) is 1.79. The molecule has 1 aromatic rings. The maximum atomic E-state index is 11.6. The standard InChI is InChI=1S/C13H16O3/c14-13(12-6-2-1-3-7-12)16-10-11-5-4-8-15-9-11/h1-3,6-7,11H,4-5,8-10H2/t11-/m1/s1. The molecule has 1 fully saturated rings. The van der Waals surface area contributed by atoms with Gasteiger partial charge in [-0.3, -0.25) is 0 Å². The van der Waals surface area contributed by atoms with Crippen molar-refractivity contribution < 1.29 is 14.3 Å². The van der Waals surface area contributed by atoms with E-state index in [1.54, 1.807) is 12.1 Å². The van der Waals surface area contributed by atoms with Crippen molar-refractivity contribution in [1.29, 1.82) is 0 Å². The van der Waals surface area contributed by atoms with E-state index in [-0.39, 0.29) is 5.97 Å². The number of benzene rings is 1. The molecular formula is C13H16O3. The van der Waals surface area contributed by atoms with Crippen LogP contribution in [0.2, 0.25) is 0 Å². The van der Waals surface area contributed by atoms with Gasteiger partial charge >= 0.3 is 5.97 Å². The Morgan fingerprint density at radius 3 is 2.88 bits per heavy atom. The van der Waals surface area contributed by atoms with Gasteiger partial charge in [0.2, 0.25) is 0 Å². The molecular weight excluding hydrogens is 204 g/mol. The van der Waals surface area contributed by atoms with Crippen molar-refractivity contribution in [2.24, 2.45) is 5.92 Å². The second kappa shape index (κ2) is 5.66. The Bertz CT molecular complexity index is 328. The molecule has 1 saturated heterocycles. The zero-order chi connectivity index (χ0) is 11.2.